The van der Waals surface area contributed by atoms with Crippen LogP contribution in [0.4, 0.5) is 4.79 Å². The molecule has 5 heteroatoms. The number of carbonyl (C=O) groups excluding carboxylic acids is 2. The number of allylic oxidation sites excluding steroid dienone is 3. The van der Waals surface area contributed by atoms with Crippen LogP contribution in [-0.4, -0.2) is 48.5 Å². The molecule has 31 heavy (non-hydrogen) atoms. The summed E-state index contributed by atoms with van der Waals surface area (Å²) in [4.78, 5) is 28.8. The molecule has 0 saturated heterocycles. The average Bonchev–Trinajstić information content (AvgIpc) is 2.75. The highest BCUT2D eigenvalue weighted by Gasteiger charge is 2.25. The first-order valence-electron chi connectivity index (χ1n) is 10.8. The molecule has 0 radical (unpaired) electrons. The molecule has 0 bridgehead atoms. The SMILES string of the molecule is C=C/C=C(\C=C)CN(C)C(=O)[C@H]1CC/C=C/[C@@H](OC(=O)N(C)Cc2ccccc2)CC1. The molecule has 0 spiro atoms. The summed E-state index contributed by atoms with van der Waals surface area (Å²) in [5, 5.41) is 0. The number of hydrogen-bond acceptors (Lipinski definition) is 3. The Bertz CT molecular complexity index is 813. The van der Waals surface area contributed by atoms with Crippen molar-refractivity contribution in [3.05, 3.63) is 85.0 Å². The molecule has 5 nitrogen and oxygen atoms in total. The van der Waals surface area contributed by atoms with E-state index in [4.69, 9.17) is 4.74 Å². The molecular formula is C26H34N2O3. The molecule has 2 atom stereocenters. The predicted molar refractivity (Wildman–Crippen MR) is 125 cm³/mol. The lowest BCUT2D eigenvalue weighted by atomic mass is 9.91. The van der Waals surface area contributed by atoms with Crippen molar-refractivity contribution in [3.8, 4) is 0 Å². The highest BCUT2D eigenvalue weighted by molar-refractivity contribution is 5.79. The van der Waals surface area contributed by atoms with Crippen molar-refractivity contribution < 1.29 is 14.3 Å². The second kappa shape index (κ2) is 12.6. The average molecular weight is 423 g/mol. The monoisotopic (exact) mass is 422 g/mol. The van der Waals surface area contributed by atoms with E-state index in [9.17, 15) is 9.59 Å². The van der Waals surface area contributed by atoms with Gasteiger partial charge in [-0.05, 0) is 42.9 Å². The molecular weight excluding hydrogens is 388 g/mol. The lowest BCUT2D eigenvalue weighted by Crippen LogP contribution is -2.35. The summed E-state index contributed by atoms with van der Waals surface area (Å²) in [6.45, 7) is 8.49. The number of nitrogens with zero attached hydrogens (tertiary/aromatic N) is 2. The Labute approximate surface area is 186 Å². The van der Waals surface area contributed by atoms with Crippen molar-refractivity contribution in [1.29, 1.82) is 0 Å². The van der Waals surface area contributed by atoms with Gasteiger partial charge in [-0.2, -0.15) is 0 Å². The molecule has 166 valence electrons. The van der Waals surface area contributed by atoms with Crippen LogP contribution >= 0.6 is 0 Å². The van der Waals surface area contributed by atoms with Gasteiger partial charge in [0.2, 0.25) is 5.91 Å². The van der Waals surface area contributed by atoms with Crippen LogP contribution in [0, 0.1) is 5.92 Å². The summed E-state index contributed by atoms with van der Waals surface area (Å²) >= 11 is 0. The summed E-state index contributed by atoms with van der Waals surface area (Å²) in [5.41, 5.74) is 2.00. The molecule has 0 aromatic heterocycles. The van der Waals surface area contributed by atoms with Gasteiger partial charge in [0.1, 0.15) is 6.10 Å². The lowest BCUT2D eigenvalue weighted by Gasteiger charge is -2.27. The largest absolute Gasteiger partial charge is 0.442 e. The molecule has 1 aromatic carbocycles. The van der Waals surface area contributed by atoms with Crippen molar-refractivity contribution >= 4 is 12.0 Å². The summed E-state index contributed by atoms with van der Waals surface area (Å²) in [7, 11) is 3.55. The van der Waals surface area contributed by atoms with Gasteiger partial charge in [-0.1, -0.05) is 67.8 Å². The minimum absolute atomic E-state index is 0.0898. The standard InChI is InChI=1S/C26H34N2O3/c1-5-12-21(6-2)19-27(3)25(29)23-15-10-11-16-24(18-17-23)31-26(30)28(4)20-22-13-8-7-9-14-22/h5-9,11-14,16,23-24H,1-2,10,15,17-20H2,3-4H3/b16-11+,21-12+/t23-,24+/m0/s1. The van der Waals surface area contributed by atoms with Crippen molar-refractivity contribution in [3.63, 3.8) is 0 Å². The molecule has 0 aliphatic heterocycles. The van der Waals surface area contributed by atoms with E-state index >= 15 is 0 Å². The highest BCUT2D eigenvalue weighted by atomic mass is 16.6. The number of benzene rings is 1. The van der Waals surface area contributed by atoms with Gasteiger partial charge >= 0.3 is 6.09 Å². The fourth-order valence-electron chi connectivity index (χ4n) is 3.64. The van der Waals surface area contributed by atoms with E-state index in [0.29, 0.717) is 25.9 Å². The fraction of sp³-hybridized carbons (Fsp3) is 0.385. The fourth-order valence-corrected chi connectivity index (χ4v) is 3.64. The summed E-state index contributed by atoms with van der Waals surface area (Å²) in [5.74, 6) is 0.0198. The van der Waals surface area contributed by atoms with E-state index in [2.05, 4.69) is 13.2 Å². The number of ether oxygens (including phenoxy) is 1. The van der Waals surface area contributed by atoms with Crippen molar-refractivity contribution in [2.75, 3.05) is 20.6 Å². The molecule has 0 unspecified atom stereocenters. The van der Waals surface area contributed by atoms with Crippen molar-refractivity contribution in [1.82, 2.24) is 9.80 Å². The molecule has 2 amide bonds. The highest BCUT2D eigenvalue weighted by Crippen LogP contribution is 2.23. The molecule has 1 aliphatic rings. The quantitative estimate of drug-likeness (QED) is 0.431. The summed E-state index contributed by atoms with van der Waals surface area (Å²) < 4.78 is 5.71. The van der Waals surface area contributed by atoms with Crippen LogP contribution in [0.25, 0.3) is 0 Å². The number of rotatable bonds is 8. The van der Waals surface area contributed by atoms with Crippen molar-refractivity contribution in [2.24, 2.45) is 5.92 Å². The van der Waals surface area contributed by atoms with Gasteiger partial charge in [0.25, 0.3) is 0 Å². The van der Waals surface area contributed by atoms with E-state index in [-0.39, 0.29) is 24.0 Å². The second-order valence-corrected chi connectivity index (χ2v) is 7.92. The van der Waals surface area contributed by atoms with Gasteiger partial charge in [0, 0.05) is 33.1 Å². The minimum Gasteiger partial charge on any atom is -0.442 e. The Balaban J connectivity index is 1.90. The number of carbonyl (C=O) groups is 2. The smallest absolute Gasteiger partial charge is 0.410 e. The topological polar surface area (TPSA) is 49.9 Å². The maximum atomic E-state index is 13.0. The molecule has 0 N–H and O–H groups in total. The second-order valence-electron chi connectivity index (χ2n) is 7.92. The zero-order valence-electron chi connectivity index (χ0n) is 18.7. The van der Waals surface area contributed by atoms with Gasteiger partial charge in [0.15, 0.2) is 0 Å². The van der Waals surface area contributed by atoms with Crippen LogP contribution in [0.1, 0.15) is 31.2 Å². The van der Waals surface area contributed by atoms with Crippen LogP contribution < -0.4 is 0 Å². The van der Waals surface area contributed by atoms with Gasteiger partial charge in [-0.15, -0.1) is 0 Å². The number of likely N-dealkylation sites (N-methyl/N-ethyl adjacent to an activating group) is 1. The van der Waals surface area contributed by atoms with Crippen LogP contribution in [0.5, 0.6) is 0 Å². The Morgan fingerprint density at radius 1 is 1.10 bits per heavy atom. The Morgan fingerprint density at radius 3 is 2.52 bits per heavy atom. The van der Waals surface area contributed by atoms with E-state index in [1.807, 2.05) is 55.6 Å². The molecule has 0 fully saturated rings. The first-order chi connectivity index (χ1) is 14.9. The van der Waals surface area contributed by atoms with Gasteiger partial charge in [0.05, 0.1) is 0 Å². The van der Waals surface area contributed by atoms with E-state index in [1.165, 1.54) is 0 Å². The Hall–Kier alpha value is -3.08. The van der Waals surface area contributed by atoms with E-state index in [0.717, 1.165) is 24.0 Å². The lowest BCUT2D eigenvalue weighted by molar-refractivity contribution is -0.134. The zero-order chi connectivity index (χ0) is 22.6. The first-order valence-corrected chi connectivity index (χ1v) is 10.8. The third kappa shape index (κ3) is 7.93. The van der Waals surface area contributed by atoms with Gasteiger partial charge in [-0.25, -0.2) is 4.79 Å². The van der Waals surface area contributed by atoms with Crippen LogP contribution in [0.15, 0.2) is 79.4 Å². The number of hydrogen-bond donors (Lipinski definition) is 0. The third-order valence-corrected chi connectivity index (χ3v) is 5.40. The Kier molecular flexibility index (Phi) is 9.82. The molecule has 0 heterocycles. The molecule has 2 rings (SSSR count). The van der Waals surface area contributed by atoms with Crippen LogP contribution in [-0.2, 0) is 16.1 Å². The van der Waals surface area contributed by atoms with Crippen LogP contribution in [0.3, 0.4) is 0 Å². The predicted octanol–water partition coefficient (Wildman–Crippen LogP) is 5.13. The zero-order valence-corrected chi connectivity index (χ0v) is 18.7. The maximum Gasteiger partial charge on any atom is 0.410 e. The Morgan fingerprint density at radius 2 is 1.84 bits per heavy atom. The van der Waals surface area contributed by atoms with E-state index in [1.54, 1.807) is 29.0 Å². The summed E-state index contributed by atoms with van der Waals surface area (Å²) in [6, 6.07) is 9.81. The van der Waals surface area contributed by atoms with Crippen LogP contribution in [0.2, 0.25) is 0 Å². The van der Waals surface area contributed by atoms with Gasteiger partial charge in [-0.3, -0.25) is 4.79 Å². The maximum absolute atomic E-state index is 13.0. The first kappa shape index (κ1) is 24.2. The summed E-state index contributed by atoms with van der Waals surface area (Å²) in [6.07, 6.45) is 11.5. The minimum atomic E-state index is -0.357. The molecule has 0 saturated carbocycles. The number of amides is 2. The van der Waals surface area contributed by atoms with E-state index < -0.39 is 0 Å². The molecule has 1 aromatic rings. The van der Waals surface area contributed by atoms with Gasteiger partial charge < -0.3 is 14.5 Å². The van der Waals surface area contributed by atoms with Crippen molar-refractivity contribution in [2.45, 2.75) is 38.3 Å². The normalized spacial score (nSPS) is 20.0. The third-order valence-electron chi connectivity index (χ3n) is 5.40. The molecule has 1 aliphatic carbocycles.